The second kappa shape index (κ2) is 11.4. The van der Waals surface area contributed by atoms with Crippen molar-refractivity contribution in [1.29, 1.82) is 0 Å². The summed E-state index contributed by atoms with van der Waals surface area (Å²) in [5.41, 5.74) is 13.7. The molecule has 0 aliphatic carbocycles. The van der Waals surface area contributed by atoms with Gasteiger partial charge in [0.1, 0.15) is 0 Å². The number of benzene rings is 9. The van der Waals surface area contributed by atoms with Gasteiger partial charge in [0.2, 0.25) is 0 Å². The Morgan fingerprint density at radius 2 is 0.904 bits per heavy atom. The maximum Gasteiger partial charge on any atom is 0.0541 e. The van der Waals surface area contributed by atoms with Crippen molar-refractivity contribution in [3.63, 3.8) is 0 Å². The number of aryl methyl sites for hydroxylation is 1. The zero-order valence-corrected chi connectivity index (χ0v) is 30.0. The van der Waals surface area contributed by atoms with Gasteiger partial charge in [0, 0.05) is 16.5 Å². The van der Waals surface area contributed by atoms with Crippen LogP contribution in [-0.4, -0.2) is 4.57 Å². The molecule has 248 valence electrons. The summed E-state index contributed by atoms with van der Waals surface area (Å²) in [6, 6.07) is 61.4. The van der Waals surface area contributed by atoms with E-state index < -0.39 is 0 Å². The minimum absolute atomic E-state index is 0.0928. The smallest absolute Gasteiger partial charge is 0.0541 e. The Kier molecular flexibility index (Phi) is 6.73. The number of nitrogens with zero attached hydrogens (tertiary/aromatic N) is 1. The molecule has 0 saturated carbocycles. The molecule has 0 amide bonds. The average Bonchev–Trinajstić information content (AvgIpc) is 3.51. The van der Waals surface area contributed by atoms with Gasteiger partial charge in [0.25, 0.3) is 0 Å². The van der Waals surface area contributed by atoms with Gasteiger partial charge in [0.15, 0.2) is 0 Å². The lowest BCUT2D eigenvalue weighted by Crippen LogP contribution is -2.10. The summed E-state index contributed by atoms with van der Waals surface area (Å²) in [5, 5.41) is 10.3. The molecule has 0 fully saturated rings. The number of hydrogen-bond acceptors (Lipinski definition) is 0. The predicted octanol–water partition coefficient (Wildman–Crippen LogP) is 14.3. The highest BCUT2D eigenvalue weighted by Gasteiger charge is 2.19. The number of fused-ring (bicyclic) bond motifs is 3. The van der Waals surface area contributed by atoms with Crippen LogP contribution >= 0.6 is 0 Å². The molecule has 1 heterocycles. The summed E-state index contributed by atoms with van der Waals surface area (Å²) in [4.78, 5) is 0. The van der Waals surface area contributed by atoms with Crippen molar-refractivity contribution in [3.8, 4) is 39.1 Å². The largest absolute Gasteiger partial charge is 0.309 e. The Bertz CT molecular complexity index is 2910. The number of aromatic nitrogens is 1. The summed E-state index contributed by atoms with van der Waals surface area (Å²) >= 11 is 0. The van der Waals surface area contributed by atoms with E-state index in [4.69, 9.17) is 0 Å². The molecular formula is C51H39N. The van der Waals surface area contributed by atoms with Gasteiger partial charge < -0.3 is 4.57 Å². The van der Waals surface area contributed by atoms with Gasteiger partial charge in [-0.2, -0.15) is 0 Å². The molecule has 10 aromatic rings. The molecule has 10 rings (SSSR count). The lowest BCUT2D eigenvalue weighted by atomic mass is 9.85. The average molecular weight is 666 g/mol. The van der Waals surface area contributed by atoms with Crippen LogP contribution in [0.25, 0.3) is 93.2 Å². The van der Waals surface area contributed by atoms with Gasteiger partial charge in [-0.05, 0) is 114 Å². The van der Waals surface area contributed by atoms with E-state index in [9.17, 15) is 0 Å². The molecular weight excluding hydrogens is 627 g/mol. The highest BCUT2D eigenvalue weighted by atomic mass is 15.0. The zero-order valence-electron chi connectivity index (χ0n) is 30.0. The summed E-state index contributed by atoms with van der Waals surface area (Å²) in [6.07, 6.45) is 0. The van der Waals surface area contributed by atoms with Crippen LogP contribution in [0.2, 0.25) is 0 Å². The van der Waals surface area contributed by atoms with Crippen molar-refractivity contribution in [2.45, 2.75) is 33.1 Å². The van der Waals surface area contributed by atoms with Gasteiger partial charge in [-0.1, -0.05) is 160 Å². The molecule has 0 saturated heterocycles. The van der Waals surface area contributed by atoms with Crippen LogP contribution in [0.1, 0.15) is 31.9 Å². The molecule has 0 unspecified atom stereocenters. The van der Waals surface area contributed by atoms with Crippen molar-refractivity contribution < 1.29 is 0 Å². The standard InChI is InChI=1S/C51H39N/c1-32-13-15-34(16-14-32)41-25-19-35-22-28-46-42(26-20-36-21-27-45(41)49(35)50(36)46)38-29-37(33-17-23-39(24-18-33)51(2,3)4)30-40(31-38)52-47-11-7-5-9-43(47)44-10-6-8-12-48(44)52/h5-31H,1-4H3. The molecule has 9 aromatic carbocycles. The molecule has 1 aromatic heterocycles. The third-order valence-electron chi connectivity index (χ3n) is 11.2. The second-order valence-electron chi connectivity index (χ2n) is 15.5. The minimum atomic E-state index is 0.0928. The predicted molar refractivity (Wildman–Crippen MR) is 224 cm³/mol. The van der Waals surface area contributed by atoms with Crippen LogP contribution in [0.4, 0.5) is 0 Å². The van der Waals surface area contributed by atoms with Crippen LogP contribution in [0.5, 0.6) is 0 Å². The first kappa shape index (κ1) is 30.6. The van der Waals surface area contributed by atoms with E-state index in [1.807, 2.05) is 0 Å². The van der Waals surface area contributed by atoms with E-state index in [1.165, 1.54) is 98.6 Å². The monoisotopic (exact) mass is 665 g/mol. The van der Waals surface area contributed by atoms with Gasteiger partial charge >= 0.3 is 0 Å². The summed E-state index contributed by atoms with van der Waals surface area (Å²) in [7, 11) is 0. The fraction of sp³-hybridized carbons (Fsp3) is 0.0980. The van der Waals surface area contributed by atoms with Crippen LogP contribution in [0, 0.1) is 6.92 Å². The number of rotatable bonds is 4. The number of hydrogen-bond donors (Lipinski definition) is 0. The zero-order chi connectivity index (χ0) is 35.1. The Balaban J connectivity index is 1.25. The topological polar surface area (TPSA) is 4.93 Å². The van der Waals surface area contributed by atoms with Crippen LogP contribution in [-0.2, 0) is 5.41 Å². The highest BCUT2D eigenvalue weighted by molar-refractivity contribution is 6.27. The van der Waals surface area contributed by atoms with E-state index in [1.54, 1.807) is 0 Å². The molecule has 0 radical (unpaired) electrons. The fourth-order valence-corrected chi connectivity index (χ4v) is 8.46. The van der Waals surface area contributed by atoms with Crippen LogP contribution in [0.3, 0.4) is 0 Å². The lowest BCUT2D eigenvalue weighted by molar-refractivity contribution is 0.590. The van der Waals surface area contributed by atoms with E-state index in [2.05, 4.69) is 196 Å². The van der Waals surface area contributed by atoms with Crippen molar-refractivity contribution in [2.24, 2.45) is 0 Å². The molecule has 0 atom stereocenters. The van der Waals surface area contributed by atoms with E-state index >= 15 is 0 Å². The third-order valence-corrected chi connectivity index (χ3v) is 11.2. The summed E-state index contributed by atoms with van der Waals surface area (Å²) in [6.45, 7) is 8.99. The summed E-state index contributed by atoms with van der Waals surface area (Å²) < 4.78 is 2.45. The Hall–Kier alpha value is -6.18. The second-order valence-corrected chi connectivity index (χ2v) is 15.5. The highest BCUT2D eigenvalue weighted by Crippen LogP contribution is 2.44. The van der Waals surface area contributed by atoms with Gasteiger partial charge in [-0.15, -0.1) is 0 Å². The van der Waals surface area contributed by atoms with Gasteiger partial charge in [-0.3, -0.25) is 0 Å². The maximum atomic E-state index is 2.45. The first-order chi connectivity index (χ1) is 25.3. The van der Waals surface area contributed by atoms with Crippen molar-refractivity contribution >= 4 is 54.1 Å². The van der Waals surface area contributed by atoms with Crippen molar-refractivity contribution in [1.82, 2.24) is 4.57 Å². The normalized spacial score (nSPS) is 12.2. The molecule has 52 heavy (non-hydrogen) atoms. The number of para-hydroxylation sites is 2. The Morgan fingerprint density at radius 1 is 0.404 bits per heavy atom. The molecule has 0 spiro atoms. The maximum absolute atomic E-state index is 2.45. The third kappa shape index (κ3) is 4.77. The van der Waals surface area contributed by atoms with E-state index in [-0.39, 0.29) is 5.41 Å². The van der Waals surface area contributed by atoms with E-state index in [0.717, 1.165) is 5.69 Å². The fourth-order valence-electron chi connectivity index (χ4n) is 8.46. The van der Waals surface area contributed by atoms with Gasteiger partial charge in [-0.25, -0.2) is 0 Å². The molecule has 1 heteroatoms. The van der Waals surface area contributed by atoms with Crippen molar-refractivity contribution in [3.05, 3.63) is 175 Å². The quantitative estimate of drug-likeness (QED) is 0.165. The molecule has 0 aliphatic heterocycles. The molecule has 0 bridgehead atoms. The Morgan fingerprint density at radius 3 is 1.48 bits per heavy atom. The van der Waals surface area contributed by atoms with Gasteiger partial charge in [0.05, 0.1) is 11.0 Å². The first-order valence-electron chi connectivity index (χ1n) is 18.3. The molecule has 1 nitrogen and oxygen atoms in total. The Labute approximate surface area is 304 Å². The van der Waals surface area contributed by atoms with Crippen LogP contribution in [0.15, 0.2) is 164 Å². The summed E-state index contributed by atoms with van der Waals surface area (Å²) in [5.74, 6) is 0. The van der Waals surface area contributed by atoms with Crippen LogP contribution < -0.4 is 0 Å². The lowest BCUT2D eigenvalue weighted by Gasteiger charge is -2.20. The van der Waals surface area contributed by atoms with E-state index in [0.29, 0.717) is 0 Å². The molecule has 0 N–H and O–H groups in total. The first-order valence-corrected chi connectivity index (χ1v) is 18.3. The van der Waals surface area contributed by atoms with Crippen molar-refractivity contribution in [2.75, 3.05) is 0 Å². The molecule has 0 aliphatic rings. The minimum Gasteiger partial charge on any atom is -0.309 e. The SMILES string of the molecule is Cc1ccc(-c2ccc3ccc4c(-c5cc(-c6ccc(C(C)(C)C)cc6)cc(-n6c7ccccc7c7ccccc76)c5)ccc5ccc2c3c54)cc1.